The zero-order valence-corrected chi connectivity index (χ0v) is 7.13. The van der Waals surface area contributed by atoms with E-state index in [-0.39, 0.29) is 0 Å². The van der Waals surface area contributed by atoms with Crippen LogP contribution in [0.2, 0.25) is 0 Å². The van der Waals surface area contributed by atoms with Crippen molar-refractivity contribution in [3.8, 4) is 0 Å². The lowest BCUT2D eigenvalue weighted by molar-refractivity contribution is -0.137. The molecule has 0 amide bonds. The van der Waals surface area contributed by atoms with Crippen LogP contribution < -0.4 is 0 Å². The van der Waals surface area contributed by atoms with Gasteiger partial charge in [-0.1, -0.05) is 0 Å². The molecule has 0 heterocycles. The third-order valence-electron chi connectivity index (χ3n) is 0.914. The highest BCUT2D eigenvalue weighted by molar-refractivity contribution is 5.82. The second kappa shape index (κ2) is 4.13. The Balaban J connectivity index is 3.83. The Labute approximate surface area is 66.7 Å². The lowest BCUT2D eigenvalue weighted by atomic mass is 10.1. The molecule has 0 aromatic carbocycles. The number of carbonyl (C=O) groups excluding carboxylic acids is 1. The van der Waals surface area contributed by atoms with Crippen molar-refractivity contribution < 1.29 is 14.6 Å². The maximum Gasteiger partial charge on any atom is 0.330 e. The quantitative estimate of drug-likeness (QED) is 0.490. The van der Waals surface area contributed by atoms with E-state index in [1.807, 2.05) is 0 Å². The fourth-order valence-corrected chi connectivity index (χ4v) is 0.462. The van der Waals surface area contributed by atoms with Gasteiger partial charge in [-0.2, -0.15) is 0 Å². The molecule has 0 unspecified atom stereocenters. The summed E-state index contributed by atoms with van der Waals surface area (Å²) in [6.07, 6.45) is 2.62. The number of aliphatic hydroxyl groups is 1. The summed E-state index contributed by atoms with van der Waals surface area (Å²) in [6.45, 7) is 5.26. The number of rotatable bonds is 3. The normalized spacial score (nSPS) is 12.0. The van der Waals surface area contributed by atoms with Crippen LogP contribution in [0.1, 0.15) is 20.8 Å². The van der Waals surface area contributed by atoms with E-state index in [9.17, 15) is 4.79 Å². The minimum atomic E-state index is -0.952. The first-order valence-corrected chi connectivity index (χ1v) is 3.54. The second-order valence-electron chi connectivity index (χ2n) is 2.74. The predicted octanol–water partition coefficient (Wildman–Crippen LogP) is 0.877. The van der Waals surface area contributed by atoms with Gasteiger partial charge in [-0.15, -0.1) is 0 Å². The molecule has 64 valence electrons. The average molecular weight is 158 g/mol. The SMILES string of the molecule is CCOC(=O)/C=C/C(C)(C)O. The minimum Gasteiger partial charge on any atom is -0.463 e. The van der Waals surface area contributed by atoms with E-state index in [0.717, 1.165) is 0 Å². The molecule has 3 nitrogen and oxygen atoms in total. The number of hydrogen-bond acceptors (Lipinski definition) is 3. The zero-order valence-electron chi connectivity index (χ0n) is 7.13. The van der Waals surface area contributed by atoms with Gasteiger partial charge in [-0.25, -0.2) is 4.79 Å². The zero-order chi connectivity index (χ0) is 8.91. The van der Waals surface area contributed by atoms with Crippen LogP contribution >= 0.6 is 0 Å². The van der Waals surface area contributed by atoms with Gasteiger partial charge >= 0.3 is 5.97 Å². The Bertz CT molecular complexity index is 153. The summed E-state index contributed by atoms with van der Waals surface area (Å²) in [7, 11) is 0. The minimum absolute atomic E-state index is 0.356. The summed E-state index contributed by atoms with van der Waals surface area (Å²) in [4.78, 5) is 10.7. The molecule has 0 aliphatic carbocycles. The molecule has 0 aromatic heterocycles. The van der Waals surface area contributed by atoms with Gasteiger partial charge in [0, 0.05) is 6.08 Å². The topological polar surface area (TPSA) is 46.5 Å². The van der Waals surface area contributed by atoms with E-state index in [0.29, 0.717) is 6.61 Å². The van der Waals surface area contributed by atoms with Crippen LogP contribution in [0.15, 0.2) is 12.2 Å². The van der Waals surface area contributed by atoms with Crippen LogP contribution in [0.3, 0.4) is 0 Å². The Morgan fingerprint density at radius 3 is 2.55 bits per heavy atom. The lowest BCUT2D eigenvalue weighted by Gasteiger charge is -2.09. The van der Waals surface area contributed by atoms with E-state index in [1.165, 1.54) is 12.2 Å². The van der Waals surface area contributed by atoms with Crippen LogP contribution in [-0.2, 0) is 9.53 Å². The Morgan fingerprint density at radius 1 is 1.64 bits per heavy atom. The molecule has 3 heteroatoms. The number of esters is 1. The van der Waals surface area contributed by atoms with Gasteiger partial charge in [0.1, 0.15) is 0 Å². The average Bonchev–Trinajstić information content (AvgIpc) is 1.83. The van der Waals surface area contributed by atoms with E-state index < -0.39 is 11.6 Å². The third kappa shape index (κ3) is 7.06. The molecule has 0 bridgehead atoms. The van der Waals surface area contributed by atoms with Gasteiger partial charge in [0.15, 0.2) is 0 Å². The standard InChI is InChI=1S/C8H14O3/c1-4-11-7(9)5-6-8(2,3)10/h5-6,10H,4H2,1-3H3/b6-5+. The molecule has 11 heavy (non-hydrogen) atoms. The molecular weight excluding hydrogens is 144 g/mol. The van der Waals surface area contributed by atoms with Crippen molar-refractivity contribution in [1.82, 2.24) is 0 Å². The molecule has 0 radical (unpaired) electrons. The van der Waals surface area contributed by atoms with E-state index in [2.05, 4.69) is 4.74 Å². The second-order valence-corrected chi connectivity index (χ2v) is 2.74. The lowest BCUT2D eigenvalue weighted by Crippen LogP contribution is -2.15. The third-order valence-corrected chi connectivity index (χ3v) is 0.914. The van der Waals surface area contributed by atoms with Gasteiger partial charge in [0.25, 0.3) is 0 Å². The summed E-state index contributed by atoms with van der Waals surface area (Å²) in [5.74, 6) is -0.422. The van der Waals surface area contributed by atoms with Crippen LogP contribution in [0.5, 0.6) is 0 Å². The van der Waals surface area contributed by atoms with E-state index in [4.69, 9.17) is 5.11 Å². The molecule has 1 N–H and O–H groups in total. The highest BCUT2D eigenvalue weighted by Crippen LogP contribution is 2.01. The molecule has 0 aliphatic rings. The number of carbonyl (C=O) groups is 1. The monoisotopic (exact) mass is 158 g/mol. The summed E-state index contributed by atoms with van der Waals surface area (Å²) >= 11 is 0. The smallest absolute Gasteiger partial charge is 0.330 e. The highest BCUT2D eigenvalue weighted by Gasteiger charge is 2.07. The first-order valence-electron chi connectivity index (χ1n) is 3.54. The van der Waals surface area contributed by atoms with Crippen LogP contribution in [-0.4, -0.2) is 23.3 Å². The molecule has 0 aliphatic heterocycles. The molecular formula is C8H14O3. The van der Waals surface area contributed by atoms with Gasteiger partial charge in [0.05, 0.1) is 12.2 Å². The van der Waals surface area contributed by atoms with Crippen molar-refractivity contribution in [2.45, 2.75) is 26.4 Å². The molecule has 0 atom stereocenters. The van der Waals surface area contributed by atoms with E-state index in [1.54, 1.807) is 20.8 Å². The van der Waals surface area contributed by atoms with Crippen molar-refractivity contribution >= 4 is 5.97 Å². The fraction of sp³-hybridized carbons (Fsp3) is 0.625. The molecule has 0 saturated carbocycles. The van der Waals surface area contributed by atoms with Crippen LogP contribution in [0.25, 0.3) is 0 Å². The molecule has 0 rings (SSSR count). The fourth-order valence-electron chi connectivity index (χ4n) is 0.462. The largest absolute Gasteiger partial charge is 0.463 e. The van der Waals surface area contributed by atoms with Crippen molar-refractivity contribution in [1.29, 1.82) is 0 Å². The van der Waals surface area contributed by atoms with Gasteiger partial charge in [-0.3, -0.25) is 0 Å². The Hall–Kier alpha value is -0.830. The Kier molecular flexibility index (Phi) is 3.82. The predicted molar refractivity (Wildman–Crippen MR) is 42.1 cm³/mol. The van der Waals surface area contributed by atoms with E-state index >= 15 is 0 Å². The number of hydrogen-bond donors (Lipinski definition) is 1. The summed E-state index contributed by atoms with van der Waals surface area (Å²) in [6, 6.07) is 0. The first-order chi connectivity index (χ1) is 4.95. The molecule has 0 aromatic rings. The van der Waals surface area contributed by atoms with Crippen LogP contribution in [0, 0.1) is 0 Å². The summed E-state index contributed by atoms with van der Waals surface area (Å²) in [5, 5.41) is 9.14. The van der Waals surface area contributed by atoms with Crippen molar-refractivity contribution in [3.05, 3.63) is 12.2 Å². The van der Waals surface area contributed by atoms with Gasteiger partial charge in [0.2, 0.25) is 0 Å². The number of ether oxygens (including phenoxy) is 1. The maximum atomic E-state index is 10.7. The highest BCUT2D eigenvalue weighted by atomic mass is 16.5. The van der Waals surface area contributed by atoms with Crippen LogP contribution in [0.4, 0.5) is 0 Å². The van der Waals surface area contributed by atoms with Crippen molar-refractivity contribution in [2.75, 3.05) is 6.61 Å². The summed E-state index contributed by atoms with van der Waals surface area (Å²) in [5.41, 5.74) is -0.952. The summed E-state index contributed by atoms with van der Waals surface area (Å²) < 4.78 is 4.60. The van der Waals surface area contributed by atoms with Gasteiger partial charge < -0.3 is 9.84 Å². The van der Waals surface area contributed by atoms with Gasteiger partial charge in [-0.05, 0) is 26.8 Å². The first kappa shape index (κ1) is 10.2. The van der Waals surface area contributed by atoms with Crippen molar-refractivity contribution in [2.24, 2.45) is 0 Å². The Morgan fingerprint density at radius 2 is 2.18 bits per heavy atom. The molecule has 0 spiro atoms. The van der Waals surface area contributed by atoms with Crippen molar-refractivity contribution in [3.63, 3.8) is 0 Å². The molecule has 0 saturated heterocycles. The molecule has 0 fully saturated rings. The maximum absolute atomic E-state index is 10.7.